The first kappa shape index (κ1) is 19.2. The van der Waals surface area contributed by atoms with E-state index in [0.717, 1.165) is 5.56 Å². The highest BCUT2D eigenvalue weighted by Crippen LogP contribution is 2.32. The second kappa shape index (κ2) is 8.38. The molecule has 0 aromatic heterocycles. The van der Waals surface area contributed by atoms with E-state index in [2.05, 4.69) is 5.32 Å². The van der Waals surface area contributed by atoms with Crippen molar-refractivity contribution in [3.8, 4) is 11.5 Å². The Bertz CT molecular complexity index is 913. The zero-order chi connectivity index (χ0) is 20.1. The van der Waals surface area contributed by atoms with E-state index in [9.17, 15) is 19.7 Å². The number of hydrogen-bond donors (Lipinski definition) is 1. The Morgan fingerprint density at radius 1 is 1.21 bits per heavy atom. The van der Waals surface area contributed by atoms with Crippen LogP contribution in [-0.4, -0.2) is 29.7 Å². The van der Waals surface area contributed by atoms with E-state index in [4.69, 9.17) is 14.2 Å². The lowest BCUT2D eigenvalue weighted by Crippen LogP contribution is -2.35. The molecule has 0 radical (unpaired) electrons. The SMILES string of the molecule is C[C@H](OC(=O)Cc1ccccc1[N+](=O)[O-])C(=O)NCc1ccc2c(c1)OCO2. The van der Waals surface area contributed by atoms with Crippen LogP contribution in [0.1, 0.15) is 18.1 Å². The quantitative estimate of drug-likeness (QED) is 0.440. The highest BCUT2D eigenvalue weighted by molar-refractivity contribution is 5.84. The van der Waals surface area contributed by atoms with Crippen molar-refractivity contribution in [2.75, 3.05) is 6.79 Å². The molecular weight excluding hydrogens is 368 g/mol. The van der Waals surface area contributed by atoms with Gasteiger partial charge < -0.3 is 19.5 Å². The van der Waals surface area contributed by atoms with Gasteiger partial charge in [-0.25, -0.2) is 0 Å². The van der Waals surface area contributed by atoms with Gasteiger partial charge in [0, 0.05) is 18.2 Å². The maximum Gasteiger partial charge on any atom is 0.311 e. The van der Waals surface area contributed by atoms with Crippen LogP contribution in [0.15, 0.2) is 42.5 Å². The summed E-state index contributed by atoms with van der Waals surface area (Å²) in [5.74, 6) is 0.0525. The van der Waals surface area contributed by atoms with Gasteiger partial charge in [0.1, 0.15) is 0 Å². The van der Waals surface area contributed by atoms with Gasteiger partial charge in [-0.2, -0.15) is 0 Å². The molecule has 2 aromatic carbocycles. The van der Waals surface area contributed by atoms with Crippen molar-refractivity contribution in [3.63, 3.8) is 0 Å². The van der Waals surface area contributed by atoms with Gasteiger partial charge in [-0.05, 0) is 24.6 Å². The summed E-state index contributed by atoms with van der Waals surface area (Å²) in [7, 11) is 0. The number of nitrogens with one attached hydrogen (secondary N) is 1. The molecule has 2 aromatic rings. The molecule has 0 unspecified atom stereocenters. The average molecular weight is 386 g/mol. The molecule has 0 aliphatic carbocycles. The third-order valence-corrected chi connectivity index (χ3v) is 4.10. The van der Waals surface area contributed by atoms with Crippen LogP contribution in [0.5, 0.6) is 11.5 Å². The van der Waals surface area contributed by atoms with Crippen LogP contribution in [0.3, 0.4) is 0 Å². The molecule has 9 nitrogen and oxygen atoms in total. The molecule has 1 amide bonds. The first-order valence-electron chi connectivity index (χ1n) is 8.52. The minimum Gasteiger partial charge on any atom is -0.454 e. The van der Waals surface area contributed by atoms with Crippen LogP contribution in [0, 0.1) is 10.1 Å². The van der Waals surface area contributed by atoms with E-state index in [1.165, 1.54) is 25.1 Å². The number of nitro groups is 1. The summed E-state index contributed by atoms with van der Waals surface area (Å²) in [6.07, 6.45) is -1.33. The number of carbonyl (C=O) groups is 2. The Labute approximate surface area is 160 Å². The molecule has 0 bridgehead atoms. The number of rotatable bonds is 7. The first-order chi connectivity index (χ1) is 13.4. The molecule has 0 spiro atoms. The number of hydrogen-bond acceptors (Lipinski definition) is 7. The van der Waals surface area contributed by atoms with Crippen molar-refractivity contribution in [2.24, 2.45) is 0 Å². The molecule has 1 aliphatic rings. The Kier molecular flexibility index (Phi) is 5.73. The molecule has 9 heteroatoms. The predicted molar refractivity (Wildman–Crippen MR) is 96.8 cm³/mol. The largest absolute Gasteiger partial charge is 0.454 e. The lowest BCUT2D eigenvalue weighted by molar-refractivity contribution is -0.385. The van der Waals surface area contributed by atoms with Gasteiger partial charge in [0.05, 0.1) is 11.3 Å². The minimum absolute atomic E-state index is 0.164. The summed E-state index contributed by atoms with van der Waals surface area (Å²) in [6, 6.07) is 11.2. The third kappa shape index (κ3) is 4.56. The van der Waals surface area contributed by atoms with Crippen LogP contribution in [0.25, 0.3) is 0 Å². The second-order valence-electron chi connectivity index (χ2n) is 6.10. The molecule has 1 N–H and O–H groups in total. The Morgan fingerprint density at radius 2 is 1.96 bits per heavy atom. The second-order valence-corrected chi connectivity index (χ2v) is 6.10. The van der Waals surface area contributed by atoms with Crippen LogP contribution in [0.2, 0.25) is 0 Å². The van der Waals surface area contributed by atoms with Gasteiger partial charge in [-0.1, -0.05) is 24.3 Å². The molecule has 1 heterocycles. The highest BCUT2D eigenvalue weighted by Gasteiger charge is 2.21. The van der Waals surface area contributed by atoms with Crippen LogP contribution < -0.4 is 14.8 Å². The number of carbonyl (C=O) groups excluding carboxylic acids is 2. The summed E-state index contributed by atoms with van der Waals surface area (Å²) in [5, 5.41) is 13.7. The first-order valence-corrected chi connectivity index (χ1v) is 8.52. The van der Waals surface area contributed by atoms with Crippen molar-refractivity contribution in [3.05, 3.63) is 63.7 Å². The molecular formula is C19H18N2O7. The predicted octanol–water partition coefficient (Wildman–Crippen LogP) is 2.11. The van der Waals surface area contributed by atoms with Crippen molar-refractivity contribution >= 4 is 17.6 Å². The topological polar surface area (TPSA) is 117 Å². The van der Waals surface area contributed by atoms with Gasteiger partial charge in [-0.15, -0.1) is 0 Å². The van der Waals surface area contributed by atoms with Gasteiger partial charge in [0.25, 0.3) is 11.6 Å². The number of ether oxygens (including phenoxy) is 3. The van der Waals surface area contributed by atoms with E-state index < -0.39 is 22.9 Å². The summed E-state index contributed by atoms with van der Waals surface area (Å²) >= 11 is 0. The molecule has 146 valence electrons. The van der Waals surface area contributed by atoms with E-state index >= 15 is 0 Å². The van der Waals surface area contributed by atoms with E-state index in [-0.39, 0.29) is 31.0 Å². The molecule has 28 heavy (non-hydrogen) atoms. The molecule has 3 rings (SSSR count). The van der Waals surface area contributed by atoms with E-state index in [1.807, 2.05) is 0 Å². The molecule has 0 saturated heterocycles. The van der Waals surface area contributed by atoms with Gasteiger partial charge in [0.2, 0.25) is 6.79 Å². The Balaban J connectivity index is 1.51. The molecule has 1 aliphatic heterocycles. The number of esters is 1. The van der Waals surface area contributed by atoms with Crippen LogP contribution in [-0.2, 0) is 27.3 Å². The monoisotopic (exact) mass is 386 g/mol. The number of nitro benzene ring substituents is 1. The van der Waals surface area contributed by atoms with Crippen LogP contribution >= 0.6 is 0 Å². The molecule has 0 fully saturated rings. The maximum atomic E-state index is 12.2. The van der Waals surface area contributed by atoms with Crippen molar-refractivity contribution in [1.82, 2.24) is 5.32 Å². The van der Waals surface area contributed by atoms with Crippen LogP contribution in [0.4, 0.5) is 5.69 Å². The highest BCUT2D eigenvalue weighted by atomic mass is 16.7. The van der Waals surface area contributed by atoms with E-state index in [0.29, 0.717) is 11.5 Å². The Hall–Kier alpha value is -3.62. The number of nitrogens with zero attached hydrogens (tertiary/aromatic N) is 1. The number of para-hydroxylation sites is 1. The summed E-state index contributed by atoms with van der Waals surface area (Å²) in [4.78, 5) is 34.6. The molecule has 0 saturated carbocycles. The summed E-state index contributed by atoms with van der Waals surface area (Å²) in [6.45, 7) is 1.82. The standard InChI is InChI=1S/C19H18N2O7/c1-12(28-18(22)9-14-4-2-3-5-15(14)21(24)25)19(23)20-10-13-6-7-16-17(8-13)27-11-26-16/h2-8,12H,9-11H2,1H3,(H,20,23)/t12-/m0/s1. The number of fused-ring (bicyclic) bond motifs is 1. The Morgan fingerprint density at radius 3 is 2.75 bits per heavy atom. The fraction of sp³-hybridized carbons (Fsp3) is 0.263. The van der Waals surface area contributed by atoms with Crippen molar-refractivity contribution in [1.29, 1.82) is 0 Å². The van der Waals surface area contributed by atoms with Gasteiger partial charge in [-0.3, -0.25) is 19.7 Å². The zero-order valence-electron chi connectivity index (χ0n) is 15.0. The smallest absolute Gasteiger partial charge is 0.311 e. The number of amides is 1. The van der Waals surface area contributed by atoms with Crippen molar-refractivity contribution in [2.45, 2.75) is 26.0 Å². The zero-order valence-corrected chi connectivity index (χ0v) is 15.0. The summed E-state index contributed by atoms with van der Waals surface area (Å²) < 4.78 is 15.6. The number of benzene rings is 2. The minimum atomic E-state index is -1.04. The lowest BCUT2D eigenvalue weighted by Gasteiger charge is -2.14. The van der Waals surface area contributed by atoms with Crippen molar-refractivity contribution < 1.29 is 28.7 Å². The lowest BCUT2D eigenvalue weighted by atomic mass is 10.1. The van der Waals surface area contributed by atoms with Gasteiger partial charge >= 0.3 is 5.97 Å². The van der Waals surface area contributed by atoms with E-state index in [1.54, 1.807) is 24.3 Å². The normalized spacial score (nSPS) is 12.9. The summed E-state index contributed by atoms with van der Waals surface area (Å²) in [5.41, 5.74) is 0.862. The molecule has 1 atom stereocenters. The average Bonchev–Trinajstić information content (AvgIpc) is 3.14. The fourth-order valence-electron chi connectivity index (χ4n) is 2.67. The van der Waals surface area contributed by atoms with Gasteiger partial charge in [0.15, 0.2) is 17.6 Å². The maximum absolute atomic E-state index is 12.2. The third-order valence-electron chi connectivity index (χ3n) is 4.10. The fourth-order valence-corrected chi connectivity index (χ4v) is 2.67.